The Kier molecular flexibility index (Phi) is 5.23. The fraction of sp³-hybridized carbons (Fsp3) is 0.400. The molecule has 1 aromatic heterocycles. The molecule has 2 saturated carbocycles. The highest BCUT2D eigenvalue weighted by Crippen LogP contribution is 2.46. The zero-order valence-corrected chi connectivity index (χ0v) is 16.7. The number of carbonyl (C=O) groups excluding carboxylic acids is 2. The number of carbonyl (C=O) groups is 2. The average molecular weight is 415 g/mol. The molecule has 0 aliphatic heterocycles. The number of hydrogen-bond acceptors (Lipinski definition) is 7. The maximum atomic E-state index is 12.8. The Balaban J connectivity index is 1.58. The number of nitrogens with zero attached hydrogens (tertiary/aromatic N) is 1. The largest absolute Gasteiger partial charge is 0.462 e. The second-order valence-electron chi connectivity index (χ2n) is 7.25. The van der Waals surface area contributed by atoms with Crippen molar-refractivity contribution in [3.63, 3.8) is 0 Å². The molecule has 2 aliphatic rings. The minimum atomic E-state index is -0.499. The number of hydrogen-bond donors (Lipinski definition) is 2. The maximum absolute atomic E-state index is 12.8. The first-order chi connectivity index (χ1) is 14.0. The van der Waals surface area contributed by atoms with Crippen LogP contribution in [0.15, 0.2) is 23.6 Å². The van der Waals surface area contributed by atoms with Gasteiger partial charge in [-0.3, -0.25) is 14.9 Å². The molecule has 0 unspecified atom stereocenters. The third-order valence-corrected chi connectivity index (χ3v) is 5.85. The van der Waals surface area contributed by atoms with Gasteiger partial charge < -0.3 is 15.4 Å². The summed E-state index contributed by atoms with van der Waals surface area (Å²) in [6, 6.07) is 4.63. The number of thiophene rings is 1. The lowest BCUT2D eigenvalue weighted by atomic mass is 10.1. The molecular formula is C20H21N3O5S. The van der Waals surface area contributed by atoms with E-state index in [1.807, 2.05) is 5.38 Å². The van der Waals surface area contributed by atoms with Gasteiger partial charge in [0.25, 0.3) is 11.6 Å². The Morgan fingerprint density at radius 1 is 1.28 bits per heavy atom. The summed E-state index contributed by atoms with van der Waals surface area (Å²) in [6.07, 6.45) is 3.99. The number of ether oxygens (including phenoxy) is 1. The number of nitro benzene ring substituents is 1. The van der Waals surface area contributed by atoms with Crippen LogP contribution in [0, 0.1) is 10.1 Å². The van der Waals surface area contributed by atoms with E-state index in [-0.39, 0.29) is 23.9 Å². The van der Waals surface area contributed by atoms with Crippen LogP contribution in [0.5, 0.6) is 0 Å². The lowest BCUT2D eigenvalue weighted by Gasteiger charge is -2.10. The number of benzene rings is 1. The Morgan fingerprint density at radius 2 is 2.03 bits per heavy atom. The quantitative estimate of drug-likeness (QED) is 0.372. The van der Waals surface area contributed by atoms with E-state index in [1.165, 1.54) is 17.4 Å². The number of nitro groups is 1. The van der Waals surface area contributed by atoms with Crippen LogP contribution in [0.2, 0.25) is 0 Å². The molecule has 1 aromatic carbocycles. The summed E-state index contributed by atoms with van der Waals surface area (Å²) >= 11 is 1.27. The highest BCUT2D eigenvalue weighted by atomic mass is 32.1. The summed E-state index contributed by atoms with van der Waals surface area (Å²) in [5, 5.41) is 19.6. The van der Waals surface area contributed by atoms with Crippen molar-refractivity contribution >= 4 is 39.6 Å². The fourth-order valence-electron chi connectivity index (χ4n) is 3.14. The number of anilines is 2. The van der Waals surface area contributed by atoms with Crippen LogP contribution in [0.3, 0.4) is 0 Å². The zero-order chi connectivity index (χ0) is 20.5. The van der Waals surface area contributed by atoms with E-state index < -0.39 is 16.8 Å². The summed E-state index contributed by atoms with van der Waals surface area (Å²) < 4.78 is 5.16. The van der Waals surface area contributed by atoms with Crippen molar-refractivity contribution in [2.75, 3.05) is 17.2 Å². The topological polar surface area (TPSA) is 111 Å². The molecule has 152 valence electrons. The zero-order valence-electron chi connectivity index (χ0n) is 15.9. The second kappa shape index (κ2) is 7.82. The van der Waals surface area contributed by atoms with Gasteiger partial charge in [-0.05, 0) is 61.6 Å². The fourth-order valence-corrected chi connectivity index (χ4v) is 4.17. The molecule has 1 heterocycles. The van der Waals surface area contributed by atoms with Gasteiger partial charge in [-0.1, -0.05) is 0 Å². The Morgan fingerprint density at radius 3 is 2.66 bits per heavy atom. The maximum Gasteiger partial charge on any atom is 0.341 e. The highest BCUT2D eigenvalue weighted by molar-refractivity contribution is 7.15. The molecular weight excluding hydrogens is 394 g/mol. The Labute approximate surface area is 171 Å². The van der Waals surface area contributed by atoms with Gasteiger partial charge in [0, 0.05) is 17.7 Å². The lowest BCUT2D eigenvalue weighted by molar-refractivity contribution is -0.384. The van der Waals surface area contributed by atoms with E-state index in [0.29, 0.717) is 22.2 Å². The molecule has 2 aliphatic carbocycles. The van der Waals surface area contributed by atoms with Crippen LogP contribution in [0.4, 0.5) is 16.4 Å². The van der Waals surface area contributed by atoms with Crippen molar-refractivity contribution in [3.8, 4) is 0 Å². The minimum absolute atomic E-state index is 0.139. The van der Waals surface area contributed by atoms with Crippen LogP contribution >= 0.6 is 11.3 Å². The van der Waals surface area contributed by atoms with Gasteiger partial charge in [-0.2, -0.15) is 0 Å². The van der Waals surface area contributed by atoms with Gasteiger partial charge in [-0.25, -0.2) is 4.79 Å². The normalized spacial score (nSPS) is 15.6. The van der Waals surface area contributed by atoms with E-state index in [0.717, 1.165) is 31.2 Å². The van der Waals surface area contributed by atoms with Crippen molar-refractivity contribution in [1.29, 1.82) is 0 Å². The van der Waals surface area contributed by atoms with Crippen molar-refractivity contribution in [2.45, 2.75) is 44.6 Å². The summed E-state index contributed by atoms with van der Waals surface area (Å²) in [4.78, 5) is 36.1. The molecule has 0 radical (unpaired) electrons. The van der Waals surface area contributed by atoms with E-state index in [4.69, 9.17) is 4.74 Å². The SMILES string of the molecule is CCOC(=O)c1c(C2CC2)csc1NC(=O)c1ccc(NC2CC2)c([N+](=O)[O-])c1. The predicted octanol–water partition coefficient (Wildman–Crippen LogP) is 4.54. The molecule has 2 fully saturated rings. The lowest BCUT2D eigenvalue weighted by Crippen LogP contribution is -2.15. The Hall–Kier alpha value is -2.94. The van der Waals surface area contributed by atoms with Crippen molar-refractivity contribution in [2.24, 2.45) is 0 Å². The predicted molar refractivity (Wildman–Crippen MR) is 110 cm³/mol. The molecule has 4 rings (SSSR count). The molecule has 0 spiro atoms. The average Bonchev–Trinajstić information content (AvgIpc) is 3.62. The van der Waals surface area contributed by atoms with Gasteiger partial charge in [0.1, 0.15) is 10.7 Å². The number of rotatable bonds is 8. The van der Waals surface area contributed by atoms with E-state index in [2.05, 4.69) is 10.6 Å². The van der Waals surface area contributed by atoms with Crippen molar-refractivity contribution in [3.05, 3.63) is 50.4 Å². The third-order valence-electron chi connectivity index (χ3n) is 4.94. The summed E-state index contributed by atoms with van der Waals surface area (Å²) in [5.74, 6) is -0.632. The second-order valence-corrected chi connectivity index (χ2v) is 8.13. The molecule has 8 nitrogen and oxygen atoms in total. The van der Waals surface area contributed by atoms with Crippen LogP contribution < -0.4 is 10.6 Å². The van der Waals surface area contributed by atoms with Crippen LogP contribution in [-0.2, 0) is 4.74 Å². The van der Waals surface area contributed by atoms with Gasteiger partial charge in [0.05, 0.1) is 17.1 Å². The molecule has 0 atom stereocenters. The molecule has 2 N–H and O–H groups in total. The monoisotopic (exact) mass is 415 g/mol. The summed E-state index contributed by atoms with van der Waals surface area (Å²) in [5.41, 5.74) is 1.73. The molecule has 9 heteroatoms. The number of nitrogens with one attached hydrogen (secondary N) is 2. The first kappa shape index (κ1) is 19.4. The standard InChI is InChI=1S/C20H21N3O5S/c1-2-28-20(25)17-14(11-3-4-11)10-29-19(17)22-18(24)12-5-8-15(21-13-6-7-13)16(9-12)23(26)27/h5,8-11,13,21H,2-4,6-7H2,1H3,(H,22,24). The van der Waals surface area contributed by atoms with Crippen LogP contribution in [0.1, 0.15) is 64.8 Å². The van der Waals surface area contributed by atoms with Crippen molar-refractivity contribution in [1.82, 2.24) is 0 Å². The smallest absolute Gasteiger partial charge is 0.341 e. The summed E-state index contributed by atoms with van der Waals surface area (Å²) in [6.45, 7) is 1.98. The molecule has 0 bridgehead atoms. The number of esters is 1. The molecule has 1 amide bonds. The van der Waals surface area contributed by atoms with Crippen LogP contribution in [0.25, 0.3) is 0 Å². The molecule has 29 heavy (non-hydrogen) atoms. The first-order valence-corrected chi connectivity index (χ1v) is 10.5. The van der Waals surface area contributed by atoms with E-state index in [1.54, 1.807) is 19.1 Å². The summed E-state index contributed by atoms with van der Waals surface area (Å²) in [7, 11) is 0. The molecule has 2 aromatic rings. The van der Waals surface area contributed by atoms with E-state index in [9.17, 15) is 19.7 Å². The molecule has 0 saturated heterocycles. The Bertz CT molecular complexity index is 978. The van der Waals surface area contributed by atoms with Gasteiger partial charge in [0.15, 0.2) is 0 Å². The first-order valence-electron chi connectivity index (χ1n) is 9.62. The van der Waals surface area contributed by atoms with Crippen molar-refractivity contribution < 1.29 is 19.2 Å². The van der Waals surface area contributed by atoms with Gasteiger partial charge in [-0.15, -0.1) is 11.3 Å². The van der Waals surface area contributed by atoms with Crippen LogP contribution in [-0.4, -0.2) is 29.4 Å². The third kappa shape index (κ3) is 4.24. The van der Waals surface area contributed by atoms with Gasteiger partial charge in [0.2, 0.25) is 0 Å². The van der Waals surface area contributed by atoms with E-state index >= 15 is 0 Å². The highest BCUT2D eigenvalue weighted by Gasteiger charge is 2.32. The number of amides is 1. The van der Waals surface area contributed by atoms with Gasteiger partial charge >= 0.3 is 5.97 Å². The minimum Gasteiger partial charge on any atom is -0.462 e.